The van der Waals surface area contributed by atoms with Crippen molar-refractivity contribution in [2.24, 2.45) is 0 Å². The molecule has 3 heterocycles. The van der Waals surface area contributed by atoms with Gasteiger partial charge in [0.25, 0.3) is 0 Å². The number of aromatic nitrogens is 1. The number of anilines is 3. The van der Waals surface area contributed by atoms with Crippen LogP contribution in [0.25, 0.3) is 91.5 Å². The molecule has 0 saturated carbocycles. The van der Waals surface area contributed by atoms with Gasteiger partial charge in [-0.3, -0.25) is 0 Å². The molecular weight excluding hydrogens is 797 g/mol. The Labute approximate surface area is 376 Å². The van der Waals surface area contributed by atoms with Gasteiger partial charge in [0.05, 0.1) is 22.4 Å². The highest BCUT2D eigenvalue weighted by Crippen LogP contribution is 2.50. The van der Waals surface area contributed by atoms with Crippen molar-refractivity contribution in [2.45, 2.75) is 51.4 Å². The minimum Gasteiger partial charge on any atom is -0.456 e. The van der Waals surface area contributed by atoms with Crippen LogP contribution in [0.3, 0.4) is 0 Å². The predicted molar refractivity (Wildman–Crippen MR) is 274 cm³/mol. The Morgan fingerprint density at radius 3 is 2.00 bits per heavy atom. The molecule has 308 valence electrons. The molecule has 1 aliphatic carbocycles. The van der Waals surface area contributed by atoms with Crippen LogP contribution < -0.4 is 4.90 Å². The molecule has 9 aromatic carbocycles. The number of nitrogens with zero attached hydrogens (tertiary/aromatic N) is 2. The van der Waals surface area contributed by atoms with E-state index in [2.05, 4.69) is 219 Å². The molecule has 0 amide bonds. The zero-order valence-electron chi connectivity index (χ0n) is 36.4. The van der Waals surface area contributed by atoms with Crippen LogP contribution >= 0.6 is 11.3 Å². The number of fused-ring (bicyclic) bond motifs is 11. The van der Waals surface area contributed by atoms with E-state index in [1.54, 1.807) is 0 Å². The Morgan fingerprint density at radius 1 is 0.469 bits per heavy atom. The van der Waals surface area contributed by atoms with Gasteiger partial charge in [-0.15, -0.1) is 11.3 Å². The second-order valence-corrected chi connectivity index (χ2v) is 20.2. The average Bonchev–Trinajstić information content (AvgIpc) is 4.00. The van der Waals surface area contributed by atoms with E-state index in [0.717, 1.165) is 33.9 Å². The van der Waals surface area contributed by atoms with Gasteiger partial charge in [0.15, 0.2) is 0 Å². The third kappa shape index (κ3) is 5.58. The molecule has 1 aliphatic rings. The number of rotatable bonds is 5. The summed E-state index contributed by atoms with van der Waals surface area (Å²) in [4.78, 5) is 2.50. The minimum absolute atomic E-state index is 0.122. The molecule has 0 spiro atoms. The summed E-state index contributed by atoms with van der Waals surface area (Å²) in [5.74, 6) is 0. The quantitative estimate of drug-likeness (QED) is 0.172. The highest BCUT2D eigenvalue weighted by atomic mass is 32.1. The number of thiophene rings is 1. The third-order valence-electron chi connectivity index (χ3n) is 14.4. The lowest BCUT2D eigenvalue weighted by molar-refractivity contribution is 0.332. The van der Waals surface area contributed by atoms with Crippen molar-refractivity contribution in [1.29, 1.82) is 0 Å². The molecule has 0 fully saturated rings. The normalized spacial score (nSPS) is 14.7. The van der Waals surface area contributed by atoms with E-state index in [1.165, 1.54) is 98.6 Å². The maximum Gasteiger partial charge on any atom is 0.135 e. The SMILES string of the molecule is CC1(C)CCC(C)(C)c2cc3c(cc21)oc1ccc(-c2ccc4c(N(c5ccc6sc7ccccc7c6c5)c5cccc6c7ccccc7n(-c7ccccc7)c56)cccc4c2)cc13. The van der Waals surface area contributed by atoms with Crippen molar-refractivity contribution >= 4 is 103 Å². The van der Waals surface area contributed by atoms with Gasteiger partial charge in [0.1, 0.15) is 11.2 Å². The van der Waals surface area contributed by atoms with Gasteiger partial charge in [-0.1, -0.05) is 125 Å². The van der Waals surface area contributed by atoms with Gasteiger partial charge in [-0.2, -0.15) is 0 Å². The van der Waals surface area contributed by atoms with E-state index < -0.39 is 0 Å². The van der Waals surface area contributed by atoms with Crippen LogP contribution in [0.2, 0.25) is 0 Å². The number of furan rings is 1. The second-order valence-electron chi connectivity index (χ2n) is 19.2. The van der Waals surface area contributed by atoms with Crippen molar-refractivity contribution in [3.8, 4) is 16.8 Å². The van der Waals surface area contributed by atoms with Gasteiger partial charge in [-0.05, 0) is 136 Å². The molecular formula is C60H46N2OS. The molecule has 12 aromatic rings. The summed E-state index contributed by atoms with van der Waals surface area (Å²) in [5, 5.41) is 9.78. The third-order valence-corrected chi connectivity index (χ3v) is 15.6. The second kappa shape index (κ2) is 13.7. The fourth-order valence-corrected chi connectivity index (χ4v) is 12.0. The van der Waals surface area contributed by atoms with Gasteiger partial charge in [-0.25, -0.2) is 0 Å². The van der Waals surface area contributed by atoms with Gasteiger partial charge in [0.2, 0.25) is 0 Å². The molecule has 3 nitrogen and oxygen atoms in total. The lowest BCUT2D eigenvalue weighted by atomic mass is 9.63. The Morgan fingerprint density at radius 2 is 1.14 bits per heavy atom. The summed E-state index contributed by atoms with van der Waals surface area (Å²) < 4.78 is 11.6. The van der Waals surface area contributed by atoms with Crippen LogP contribution in [0.1, 0.15) is 51.7 Å². The van der Waals surface area contributed by atoms with Crippen molar-refractivity contribution < 1.29 is 4.42 Å². The summed E-state index contributed by atoms with van der Waals surface area (Å²) in [7, 11) is 0. The smallest absolute Gasteiger partial charge is 0.135 e. The Kier molecular flexibility index (Phi) is 8.00. The van der Waals surface area contributed by atoms with Crippen LogP contribution in [0, 0.1) is 0 Å². The summed E-state index contributed by atoms with van der Waals surface area (Å²) in [6.45, 7) is 9.56. The summed E-state index contributed by atoms with van der Waals surface area (Å²) in [6, 6.07) is 67.5. The first kappa shape index (κ1) is 37.4. The molecule has 13 rings (SSSR count). The van der Waals surface area contributed by atoms with E-state index in [4.69, 9.17) is 4.42 Å². The monoisotopic (exact) mass is 842 g/mol. The zero-order valence-corrected chi connectivity index (χ0v) is 37.3. The first-order chi connectivity index (χ1) is 31.2. The van der Waals surface area contributed by atoms with Crippen LogP contribution in [0.5, 0.6) is 0 Å². The van der Waals surface area contributed by atoms with Gasteiger partial charge >= 0.3 is 0 Å². The average molecular weight is 843 g/mol. The van der Waals surface area contributed by atoms with Crippen LogP contribution in [-0.2, 0) is 10.8 Å². The fraction of sp³-hybridized carbons (Fsp3) is 0.133. The first-order valence-electron chi connectivity index (χ1n) is 22.5. The zero-order chi connectivity index (χ0) is 42.9. The fourth-order valence-electron chi connectivity index (χ4n) is 10.9. The summed E-state index contributed by atoms with van der Waals surface area (Å²) in [6.07, 6.45) is 2.36. The Hall–Kier alpha value is -7.14. The van der Waals surface area contributed by atoms with Crippen molar-refractivity contribution in [2.75, 3.05) is 4.90 Å². The highest BCUT2D eigenvalue weighted by molar-refractivity contribution is 7.25. The van der Waals surface area contributed by atoms with Crippen molar-refractivity contribution in [3.05, 3.63) is 193 Å². The minimum atomic E-state index is 0.122. The van der Waals surface area contributed by atoms with Crippen LogP contribution in [0.15, 0.2) is 186 Å². The molecule has 64 heavy (non-hydrogen) atoms. The van der Waals surface area contributed by atoms with Crippen molar-refractivity contribution in [1.82, 2.24) is 4.57 Å². The molecule has 0 atom stereocenters. The number of hydrogen-bond acceptors (Lipinski definition) is 3. The van der Waals surface area contributed by atoms with E-state index >= 15 is 0 Å². The molecule has 0 saturated heterocycles. The lowest BCUT2D eigenvalue weighted by Crippen LogP contribution is -2.33. The Balaban J connectivity index is 1.02. The van der Waals surface area contributed by atoms with E-state index in [-0.39, 0.29) is 10.8 Å². The molecule has 3 aromatic heterocycles. The number of hydrogen-bond donors (Lipinski definition) is 0. The van der Waals surface area contributed by atoms with E-state index in [9.17, 15) is 0 Å². The summed E-state index contributed by atoms with van der Waals surface area (Å²) in [5.41, 5.74) is 14.3. The highest BCUT2D eigenvalue weighted by Gasteiger charge is 2.38. The largest absolute Gasteiger partial charge is 0.456 e. The number of para-hydroxylation sites is 3. The standard InChI is InChI=1S/C60H46N2OS/c1-59(2)30-31-60(3,4)50-36-55-47(35-49(50)59)46-33-38(25-28-54(46)63-55)37-24-27-42-39(32-37)14-12-21-51(42)61(41-26-29-57-48(34-41)44-18-9-11-23-56(44)64-57)53-22-13-19-45-43-17-8-10-20-52(43)62(58(45)53)40-15-6-5-7-16-40/h5-29,32-36H,30-31H2,1-4H3. The summed E-state index contributed by atoms with van der Waals surface area (Å²) >= 11 is 1.86. The maximum absolute atomic E-state index is 6.59. The van der Waals surface area contributed by atoms with E-state index in [1.807, 2.05) is 11.3 Å². The maximum atomic E-state index is 6.59. The van der Waals surface area contributed by atoms with Crippen LogP contribution in [0.4, 0.5) is 17.1 Å². The lowest BCUT2D eigenvalue weighted by Gasteiger charge is -2.41. The Bertz CT molecular complexity index is 3860. The topological polar surface area (TPSA) is 21.3 Å². The van der Waals surface area contributed by atoms with Crippen molar-refractivity contribution in [3.63, 3.8) is 0 Å². The van der Waals surface area contributed by atoms with Gasteiger partial charge < -0.3 is 13.9 Å². The molecule has 0 radical (unpaired) electrons. The first-order valence-corrected chi connectivity index (χ1v) is 23.4. The predicted octanol–water partition coefficient (Wildman–Crippen LogP) is 17.7. The molecule has 0 aliphatic heterocycles. The molecule has 0 N–H and O–H groups in total. The molecule has 0 unspecified atom stereocenters. The van der Waals surface area contributed by atoms with Gasteiger partial charge in [0, 0.05) is 58.5 Å². The van der Waals surface area contributed by atoms with Crippen LogP contribution in [-0.4, -0.2) is 4.57 Å². The molecule has 0 bridgehead atoms. The van der Waals surface area contributed by atoms with E-state index in [0.29, 0.717) is 0 Å². The number of benzene rings is 9. The molecule has 4 heteroatoms.